The van der Waals surface area contributed by atoms with Crippen LogP contribution in [-0.2, 0) is 4.74 Å². The highest BCUT2D eigenvalue weighted by molar-refractivity contribution is 5.99. The number of hydrogen-bond donors (Lipinski definition) is 0. The van der Waals surface area contributed by atoms with Gasteiger partial charge in [-0.15, -0.1) is 10.2 Å². The summed E-state index contributed by atoms with van der Waals surface area (Å²) in [6.07, 6.45) is 3.48. The number of rotatable bonds is 1. The van der Waals surface area contributed by atoms with Gasteiger partial charge in [0.15, 0.2) is 5.65 Å². The van der Waals surface area contributed by atoms with Crippen LogP contribution in [0.1, 0.15) is 24.2 Å². The summed E-state index contributed by atoms with van der Waals surface area (Å²) in [5.41, 5.74) is 1.18. The number of carbonyl (C=O) groups excluding carboxylic acids is 1. The zero-order valence-electron chi connectivity index (χ0n) is 11.0. The minimum Gasteiger partial charge on any atom is -0.375 e. The molecule has 2 aromatic heterocycles. The van der Waals surface area contributed by atoms with Crippen LogP contribution < -0.4 is 0 Å². The molecule has 0 radical (unpaired) electrons. The average Bonchev–Trinajstić information content (AvgIpc) is 2.89. The van der Waals surface area contributed by atoms with E-state index >= 15 is 0 Å². The van der Waals surface area contributed by atoms with Crippen LogP contribution in [0.4, 0.5) is 0 Å². The van der Waals surface area contributed by atoms with Gasteiger partial charge in [0, 0.05) is 12.7 Å². The summed E-state index contributed by atoms with van der Waals surface area (Å²) >= 11 is 0. The number of fused-ring (bicyclic) bond motifs is 1. The van der Waals surface area contributed by atoms with Gasteiger partial charge in [-0.1, -0.05) is 0 Å². The highest BCUT2D eigenvalue weighted by atomic mass is 16.5. The van der Waals surface area contributed by atoms with E-state index in [4.69, 9.17) is 4.74 Å². The third-order valence-corrected chi connectivity index (χ3v) is 3.70. The standard InChI is InChI=1S/C13H16N4O2/c1-9-10(2)19-7-6-17(9)13(18)11-4-3-5-16-8-14-15-12(11)16/h3-5,8-10H,6-7H2,1-2H3. The van der Waals surface area contributed by atoms with Crippen LogP contribution in [0, 0.1) is 0 Å². The van der Waals surface area contributed by atoms with E-state index in [9.17, 15) is 4.79 Å². The van der Waals surface area contributed by atoms with Crippen LogP contribution in [0.25, 0.3) is 5.65 Å². The summed E-state index contributed by atoms with van der Waals surface area (Å²) in [6, 6.07) is 3.68. The molecule has 1 aliphatic rings. The van der Waals surface area contributed by atoms with E-state index in [1.165, 1.54) is 0 Å². The van der Waals surface area contributed by atoms with Crippen molar-refractivity contribution < 1.29 is 9.53 Å². The molecule has 1 fully saturated rings. The Labute approximate surface area is 111 Å². The fraction of sp³-hybridized carbons (Fsp3) is 0.462. The molecule has 6 nitrogen and oxygen atoms in total. The second kappa shape index (κ2) is 4.62. The lowest BCUT2D eigenvalue weighted by atomic mass is 10.1. The number of pyridine rings is 1. The number of carbonyl (C=O) groups is 1. The molecule has 0 saturated carbocycles. The van der Waals surface area contributed by atoms with Crippen molar-refractivity contribution in [2.45, 2.75) is 26.0 Å². The average molecular weight is 260 g/mol. The molecule has 0 aromatic carbocycles. The summed E-state index contributed by atoms with van der Waals surface area (Å²) in [4.78, 5) is 14.5. The molecule has 0 aliphatic carbocycles. The summed E-state index contributed by atoms with van der Waals surface area (Å²) < 4.78 is 7.30. The molecule has 2 aromatic rings. The highest BCUT2D eigenvalue weighted by Gasteiger charge is 2.30. The van der Waals surface area contributed by atoms with E-state index in [1.807, 2.05) is 31.0 Å². The van der Waals surface area contributed by atoms with Gasteiger partial charge in [-0.25, -0.2) is 0 Å². The smallest absolute Gasteiger partial charge is 0.258 e. The van der Waals surface area contributed by atoms with Gasteiger partial charge in [-0.05, 0) is 26.0 Å². The molecule has 1 saturated heterocycles. The molecular weight excluding hydrogens is 244 g/mol. The summed E-state index contributed by atoms with van der Waals surface area (Å²) in [6.45, 7) is 5.18. The molecule has 0 bridgehead atoms. The molecule has 0 spiro atoms. The van der Waals surface area contributed by atoms with E-state index in [-0.39, 0.29) is 18.1 Å². The fourth-order valence-electron chi connectivity index (χ4n) is 2.39. The van der Waals surface area contributed by atoms with Crippen molar-refractivity contribution in [1.82, 2.24) is 19.5 Å². The Morgan fingerprint density at radius 1 is 1.47 bits per heavy atom. The second-order valence-electron chi connectivity index (χ2n) is 4.80. The maximum atomic E-state index is 12.7. The first kappa shape index (κ1) is 12.1. The van der Waals surface area contributed by atoms with Gasteiger partial charge >= 0.3 is 0 Å². The number of amides is 1. The topological polar surface area (TPSA) is 59.7 Å². The Bertz CT molecular complexity index is 609. The number of morpholine rings is 1. The summed E-state index contributed by atoms with van der Waals surface area (Å²) in [7, 11) is 0. The first-order valence-electron chi connectivity index (χ1n) is 6.39. The first-order valence-corrected chi connectivity index (χ1v) is 6.39. The SMILES string of the molecule is CC1OCCN(C(=O)c2cccn3cnnc23)C1C. The molecular formula is C13H16N4O2. The summed E-state index contributed by atoms with van der Waals surface area (Å²) in [5.74, 6) is -0.0127. The highest BCUT2D eigenvalue weighted by Crippen LogP contribution is 2.18. The van der Waals surface area contributed by atoms with Gasteiger partial charge in [0.05, 0.1) is 24.3 Å². The van der Waals surface area contributed by atoms with E-state index in [2.05, 4.69) is 10.2 Å². The molecule has 6 heteroatoms. The van der Waals surface area contributed by atoms with Crippen LogP contribution in [0.2, 0.25) is 0 Å². The number of ether oxygens (including phenoxy) is 1. The number of nitrogens with zero attached hydrogens (tertiary/aromatic N) is 4. The van der Waals surface area contributed by atoms with Crippen molar-refractivity contribution in [3.63, 3.8) is 0 Å². The predicted octanol–water partition coefficient (Wildman–Crippen LogP) is 0.979. The normalized spacial score (nSPS) is 23.8. The monoisotopic (exact) mass is 260 g/mol. The Balaban J connectivity index is 1.97. The van der Waals surface area contributed by atoms with Crippen molar-refractivity contribution in [3.05, 3.63) is 30.2 Å². The third kappa shape index (κ3) is 1.98. The molecule has 0 N–H and O–H groups in total. The second-order valence-corrected chi connectivity index (χ2v) is 4.80. The zero-order valence-corrected chi connectivity index (χ0v) is 11.0. The minimum atomic E-state index is -0.0127. The van der Waals surface area contributed by atoms with Gasteiger partial charge in [-0.2, -0.15) is 0 Å². The quantitative estimate of drug-likeness (QED) is 0.767. The van der Waals surface area contributed by atoms with Gasteiger partial charge < -0.3 is 9.64 Å². The van der Waals surface area contributed by atoms with Crippen molar-refractivity contribution in [1.29, 1.82) is 0 Å². The molecule has 1 aliphatic heterocycles. The first-order chi connectivity index (χ1) is 9.18. The van der Waals surface area contributed by atoms with Crippen LogP contribution in [0.15, 0.2) is 24.7 Å². The van der Waals surface area contributed by atoms with Crippen molar-refractivity contribution in [2.75, 3.05) is 13.2 Å². The van der Waals surface area contributed by atoms with Gasteiger partial charge in [0.1, 0.15) is 6.33 Å². The fourth-order valence-corrected chi connectivity index (χ4v) is 2.39. The van der Waals surface area contributed by atoms with Crippen molar-refractivity contribution in [2.24, 2.45) is 0 Å². The largest absolute Gasteiger partial charge is 0.375 e. The number of hydrogen-bond acceptors (Lipinski definition) is 4. The molecule has 19 heavy (non-hydrogen) atoms. The van der Waals surface area contributed by atoms with E-state index in [0.717, 1.165) is 0 Å². The lowest BCUT2D eigenvalue weighted by Crippen LogP contribution is -2.51. The van der Waals surface area contributed by atoms with Crippen LogP contribution in [-0.4, -0.2) is 50.7 Å². The molecule has 3 rings (SSSR count). The van der Waals surface area contributed by atoms with Crippen LogP contribution in [0.3, 0.4) is 0 Å². The maximum Gasteiger partial charge on any atom is 0.258 e. The number of aromatic nitrogens is 3. The van der Waals surface area contributed by atoms with E-state index < -0.39 is 0 Å². The molecule has 3 heterocycles. The predicted molar refractivity (Wildman–Crippen MR) is 68.9 cm³/mol. The van der Waals surface area contributed by atoms with Gasteiger partial charge in [0.2, 0.25) is 0 Å². The Morgan fingerprint density at radius 2 is 2.32 bits per heavy atom. The molecule has 2 unspecified atom stereocenters. The van der Waals surface area contributed by atoms with Gasteiger partial charge in [-0.3, -0.25) is 9.20 Å². The van der Waals surface area contributed by atoms with E-state index in [0.29, 0.717) is 24.4 Å². The minimum absolute atomic E-state index is 0.0127. The zero-order chi connectivity index (χ0) is 13.4. The lowest BCUT2D eigenvalue weighted by molar-refractivity contribution is -0.0440. The third-order valence-electron chi connectivity index (χ3n) is 3.70. The van der Waals surface area contributed by atoms with Crippen molar-refractivity contribution in [3.8, 4) is 0 Å². The summed E-state index contributed by atoms with van der Waals surface area (Å²) in [5, 5.41) is 7.85. The molecule has 1 amide bonds. The van der Waals surface area contributed by atoms with Crippen molar-refractivity contribution >= 4 is 11.6 Å². The van der Waals surface area contributed by atoms with E-state index in [1.54, 1.807) is 16.8 Å². The van der Waals surface area contributed by atoms with Crippen LogP contribution in [0.5, 0.6) is 0 Å². The van der Waals surface area contributed by atoms with Gasteiger partial charge in [0.25, 0.3) is 5.91 Å². The lowest BCUT2D eigenvalue weighted by Gasteiger charge is -2.37. The maximum absolute atomic E-state index is 12.7. The van der Waals surface area contributed by atoms with Crippen LogP contribution >= 0.6 is 0 Å². The molecule has 100 valence electrons. The molecule has 2 atom stereocenters. The Hall–Kier alpha value is -1.95. The Kier molecular flexibility index (Phi) is 2.94. The Morgan fingerprint density at radius 3 is 3.16 bits per heavy atom.